The van der Waals surface area contributed by atoms with Crippen molar-refractivity contribution in [2.75, 3.05) is 13.1 Å². The first-order valence-electron chi connectivity index (χ1n) is 6.77. The number of hydrogen-bond donors (Lipinski definition) is 0. The highest BCUT2D eigenvalue weighted by Crippen LogP contribution is 2.17. The largest absolute Gasteiger partial charge is 0.444 e. The number of nitrogens with zero attached hydrogens (tertiary/aromatic N) is 2. The van der Waals surface area contributed by atoms with Crippen LogP contribution in [0.15, 0.2) is 0 Å². The van der Waals surface area contributed by atoms with Crippen molar-refractivity contribution in [1.82, 2.24) is 4.90 Å². The molecule has 0 atom stereocenters. The van der Waals surface area contributed by atoms with Crippen LogP contribution in [0.1, 0.15) is 47.5 Å². The van der Waals surface area contributed by atoms with Crippen LogP contribution < -0.4 is 0 Å². The molecule has 4 nitrogen and oxygen atoms in total. The highest BCUT2D eigenvalue weighted by molar-refractivity contribution is 5.68. The molecule has 18 heavy (non-hydrogen) atoms. The third-order valence-corrected chi connectivity index (χ3v) is 3.25. The SMILES string of the molecule is C=[N+](C(C)C)C1CCN(C(=O)OC(C)(C)C)CC1. The number of carbonyl (C=O) groups is 1. The lowest BCUT2D eigenvalue weighted by Gasteiger charge is -2.32. The molecule has 0 unspecified atom stereocenters. The van der Waals surface area contributed by atoms with Crippen molar-refractivity contribution >= 4 is 12.8 Å². The van der Waals surface area contributed by atoms with E-state index in [4.69, 9.17) is 4.74 Å². The minimum absolute atomic E-state index is 0.193. The van der Waals surface area contributed by atoms with E-state index in [1.807, 2.05) is 20.8 Å². The summed E-state index contributed by atoms with van der Waals surface area (Å²) in [5, 5.41) is 0. The maximum absolute atomic E-state index is 11.9. The molecule has 1 fully saturated rings. The van der Waals surface area contributed by atoms with Crippen LogP contribution in [0, 0.1) is 0 Å². The van der Waals surface area contributed by atoms with Gasteiger partial charge in [-0.15, -0.1) is 0 Å². The van der Waals surface area contributed by atoms with E-state index in [9.17, 15) is 4.79 Å². The summed E-state index contributed by atoms with van der Waals surface area (Å²) >= 11 is 0. The fourth-order valence-electron chi connectivity index (χ4n) is 2.13. The van der Waals surface area contributed by atoms with Crippen LogP contribution in [0.3, 0.4) is 0 Å². The van der Waals surface area contributed by atoms with Gasteiger partial charge in [0.25, 0.3) is 0 Å². The molecule has 1 saturated heterocycles. The first-order chi connectivity index (χ1) is 8.20. The van der Waals surface area contributed by atoms with Gasteiger partial charge in [0, 0.05) is 25.9 Å². The Balaban J connectivity index is 2.44. The Kier molecular flexibility index (Phi) is 4.77. The van der Waals surface area contributed by atoms with Crippen LogP contribution in [0.25, 0.3) is 0 Å². The Labute approximate surface area is 111 Å². The van der Waals surface area contributed by atoms with E-state index >= 15 is 0 Å². The first kappa shape index (κ1) is 15.0. The normalized spacial score (nSPS) is 18.0. The van der Waals surface area contributed by atoms with Gasteiger partial charge in [0.1, 0.15) is 18.4 Å². The summed E-state index contributed by atoms with van der Waals surface area (Å²) < 4.78 is 7.52. The van der Waals surface area contributed by atoms with E-state index in [1.165, 1.54) is 0 Å². The number of likely N-dealkylation sites (tertiary alicyclic amines) is 1. The van der Waals surface area contributed by atoms with Crippen LogP contribution in [-0.2, 0) is 4.74 Å². The third kappa shape index (κ3) is 4.31. The number of ether oxygens (including phenoxy) is 1. The predicted molar refractivity (Wildman–Crippen MR) is 73.3 cm³/mol. The highest BCUT2D eigenvalue weighted by Gasteiger charge is 2.31. The van der Waals surface area contributed by atoms with E-state index in [2.05, 4.69) is 25.1 Å². The fourth-order valence-corrected chi connectivity index (χ4v) is 2.13. The third-order valence-electron chi connectivity index (χ3n) is 3.25. The standard InChI is InChI=1S/C14H27N2O2/c1-11(2)15(6)12-7-9-16(10-8-12)13(17)18-14(3,4)5/h11-12H,6-10H2,1-5H3/q+1. The van der Waals surface area contributed by atoms with E-state index in [1.54, 1.807) is 4.90 Å². The summed E-state index contributed by atoms with van der Waals surface area (Å²) in [5.41, 5.74) is -0.412. The molecule has 0 spiro atoms. The Hall–Kier alpha value is -1.06. The second-order valence-electron chi connectivity index (χ2n) is 6.31. The molecule has 1 amide bonds. The molecule has 0 N–H and O–H groups in total. The van der Waals surface area contributed by atoms with Crippen molar-refractivity contribution in [3.8, 4) is 0 Å². The molecule has 1 aliphatic rings. The zero-order valence-corrected chi connectivity index (χ0v) is 12.4. The average Bonchev–Trinajstić information content (AvgIpc) is 2.26. The van der Waals surface area contributed by atoms with E-state index in [0.29, 0.717) is 12.1 Å². The van der Waals surface area contributed by atoms with Crippen LogP contribution >= 0.6 is 0 Å². The Bertz CT molecular complexity index is 310. The second-order valence-corrected chi connectivity index (χ2v) is 6.31. The molecular weight excluding hydrogens is 228 g/mol. The summed E-state index contributed by atoms with van der Waals surface area (Å²) in [4.78, 5) is 13.7. The van der Waals surface area contributed by atoms with Crippen molar-refractivity contribution < 1.29 is 14.1 Å². The fraction of sp³-hybridized carbons (Fsp3) is 0.857. The smallest absolute Gasteiger partial charge is 0.410 e. The lowest BCUT2D eigenvalue weighted by atomic mass is 10.0. The molecule has 0 bridgehead atoms. The van der Waals surface area contributed by atoms with Crippen LogP contribution in [-0.4, -0.2) is 53.1 Å². The average molecular weight is 255 g/mol. The molecule has 0 aromatic carbocycles. The maximum atomic E-state index is 11.9. The topological polar surface area (TPSA) is 32.5 Å². The Morgan fingerprint density at radius 2 is 1.83 bits per heavy atom. The van der Waals surface area contributed by atoms with E-state index < -0.39 is 5.60 Å². The lowest BCUT2D eigenvalue weighted by molar-refractivity contribution is -0.590. The molecular formula is C14H27N2O2+. The molecule has 1 rings (SSSR count). The Morgan fingerprint density at radius 1 is 1.33 bits per heavy atom. The van der Waals surface area contributed by atoms with Gasteiger partial charge in [0.15, 0.2) is 6.04 Å². The molecule has 0 radical (unpaired) electrons. The minimum Gasteiger partial charge on any atom is -0.444 e. The number of amides is 1. The van der Waals surface area contributed by atoms with Gasteiger partial charge >= 0.3 is 6.09 Å². The highest BCUT2D eigenvalue weighted by atomic mass is 16.6. The number of rotatable bonds is 2. The molecule has 0 aromatic heterocycles. The molecule has 0 aliphatic carbocycles. The van der Waals surface area contributed by atoms with Crippen LogP contribution in [0.4, 0.5) is 4.79 Å². The van der Waals surface area contributed by atoms with Crippen molar-refractivity contribution in [3.63, 3.8) is 0 Å². The van der Waals surface area contributed by atoms with Gasteiger partial charge < -0.3 is 9.64 Å². The summed E-state index contributed by atoms with van der Waals surface area (Å²) in [6.07, 6.45) is 1.75. The van der Waals surface area contributed by atoms with Crippen molar-refractivity contribution in [2.24, 2.45) is 0 Å². The monoisotopic (exact) mass is 255 g/mol. The zero-order chi connectivity index (χ0) is 13.9. The van der Waals surface area contributed by atoms with Crippen molar-refractivity contribution in [3.05, 3.63) is 0 Å². The Morgan fingerprint density at radius 3 is 2.22 bits per heavy atom. The van der Waals surface area contributed by atoms with Gasteiger partial charge in [-0.3, -0.25) is 0 Å². The van der Waals surface area contributed by atoms with Gasteiger partial charge in [-0.25, -0.2) is 9.37 Å². The molecule has 1 heterocycles. The lowest BCUT2D eigenvalue weighted by Crippen LogP contribution is -2.46. The van der Waals surface area contributed by atoms with Gasteiger partial charge in [0.05, 0.1) is 0 Å². The van der Waals surface area contributed by atoms with Crippen LogP contribution in [0.2, 0.25) is 0 Å². The number of carbonyl (C=O) groups excluding carboxylic acids is 1. The van der Waals surface area contributed by atoms with Gasteiger partial charge in [-0.2, -0.15) is 0 Å². The summed E-state index contributed by atoms with van der Waals surface area (Å²) in [6.45, 7) is 15.6. The van der Waals surface area contributed by atoms with Crippen molar-refractivity contribution in [2.45, 2.75) is 65.1 Å². The van der Waals surface area contributed by atoms with Crippen LogP contribution in [0.5, 0.6) is 0 Å². The summed E-state index contributed by atoms with van der Waals surface area (Å²) in [7, 11) is 0. The number of piperidine rings is 1. The van der Waals surface area contributed by atoms with Crippen molar-refractivity contribution in [1.29, 1.82) is 0 Å². The molecule has 104 valence electrons. The van der Waals surface area contributed by atoms with E-state index in [-0.39, 0.29) is 6.09 Å². The summed E-state index contributed by atoms with van der Waals surface area (Å²) in [5.74, 6) is 0. The zero-order valence-electron chi connectivity index (χ0n) is 12.4. The quantitative estimate of drug-likeness (QED) is 0.561. The molecule has 0 aromatic rings. The predicted octanol–water partition coefficient (Wildman–Crippen LogP) is 2.51. The molecule has 4 heteroatoms. The molecule has 0 saturated carbocycles. The summed E-state index contributed by atoms with van der Waals surface area (Å²) in [6, 6.07) is 0.923. The maximum Gasteiger partial charge on any atom is 0.410 e. The van der Waals surface area contributed by atoms with E-state index in [0.717, 1.165) is 25.9 Å². The number of hydrogen-bond acceptors (Lipinski definition) is 2. The second kappa shape index (κ2) is 5.72. The first-order valence-corrected chi connectivity index (χ1v) is 6.77. The molecule has 1 aliphatic heterocycles. The minimum atomic E-state index is -0.412. The van der Waals surface area contributed by atoms with Gasteiger partial charge in [0.2, 0.25) is 0 Å². The van der Waals surface area contributed by atoms with Gasteiger partial charge in [-0.05, 0) is 34.6 Å². The van der Waals surface area contributed by atoms with Gasteiger partial charge in [-0.1, -0.05) is 0 Å².